The predicted octanol–water partition coefficient (Wildman–Crippen LogP) is 1.67. The van der Waals surface area contributed by atoms with Crippen molar-refractivity contribution in [2.45, 2.75) is 13.3 Å². The highest BCUT2D eigenvalue weighted by Gasteiger charge is 2.15. The molecule has 7 nitrogen and oxygen atoms in total. The zero-order chi connectivity index (χ0) is 16.2. The molecule has 7 heteroatoms. The molecule has 0 amide bonds. The number of aromatic amines is 1. The van der Waals surface area contributed by atoms with Gasteiger partial charge in [-0.15, -0.1) is 0 Å². The Hall–Kier alpha value is -2.96. The number of carbonyl (C=O) groups excluding carboxylic acids is 2. The molecular weight excluding hydrogens is 298 g/mol. The number of aryl methyl sites for hydroxylation is 1. The van der Waals surface area contributed by atoms with Gasteiger partial charge in [0.2, 0.25) is 0 Å². The van der Waals surface area contributed by atoms with Crippen LogP contribution in [0.15, 0.2) is 35.9 Å². The predicted molar refractivity (Wildman–Crippen MR) is 80.5 cm³/mol. The first-order valence-electron chi connectivity index (χ1n) is 7.20. The van der Waals surface area contributed by atoms with Gasteiger partial charge in [-0.2, -0.15) is 5.10 Å². The Labute approximate surface area is 132 Å². The first-order chi connectivity index (χ1) is 11.2. The molecule has 2 heterocycles. The van der Waals surface area contributed by atoms with Gasteiger partial charge in [-0.25, -0.2) is 14.6 Å². The summed E-state index contributed by atoms with van der Waals surface area (Å²) in [5.74, 6) is 0.540. The van der Waals surface area contributed by atoms with Crippen molar-refractivity contribution in [1.82, 2.24) is 15.2 Å². The highest BCUT2D eigenvalue weighted by atomic mass is 16.5. The van der Waals surface area contributed by atoms with Gasteiger partial charge in [0.25, 0.3) is 0 Å². The maximum absolute atomic E-state index is 12.0. The second-order valence-electron chi connectivity index (χ2n) is 5.02. The lowest BCUT2D eigenvalue weighted by Crippen LogP contribution is -2.08. The van der Waals surface area contributed by atoms with Gasteiger partial charge in [0, 0.05) is 23.6 Å². The van der Waals surface area contributed by atoms with Crippen LogP contribution in [0, 0.1) is 0 Å². The minimum Gasteiger partial charge on any atom is -0.458 e. The number of carbonyl (C=O) groups is 2. The molecule has 0 bridgehead atoms. The molecule has 0 atom stereocenters. The second-order valence-corrected chi connectivity index (χ2v) is 5.02. The molecule has 0 radical (unpaired) electrons. The van der Waals surface area contributed by atoms with Crippen LogP contribution in [0.4, 0.5) is 0 Å². The first-order valence-corrected chi connectivity index (χ1v) is 7.20. The van der Waals surface area contributed by atoms with Gasteiger partial charge in [0.15, 0.2) is 5.82 Å². The average Bonchev–Trinajstić information content (AvgIpc) is 3.21. The van der Waals surface area contributed by atoms with Crippen LogP contribution >= 0.6 is 0 Å². The van der Waals surface area contributed by atoms with Gasteiger partial charge >= 0.3 is 11.9 Å². The molecule has 0 spiro atoms. The van der Waals surface area contributed by atoms with Crippen LogP contribution in [0.5, 0.6) is 0 Å². The molecule has 1 aromatic heterocycles. The fraction of sp³-hybridized carbons (Fsp3) is 0.250. The zero-order valence-corrected chi connectivity index (χ0v) is 12.5. The minimum absolute atomic E-state index is 0.0487. The van der Waals surface area contributed by atoms with Gasteiger partial charge in [0.05, 0.1) is 5.56 Å². The van der Waals surface area contributed by atoms with E-state index in [-0.39, 0.29) is 13.2 Å². The smallest absolute Gasteiger partial charge is 0.338 e. The summed E-state index contributed by atoms with van der Waals surface area (Å²) in [6.07, 6.45) is 2.12. The summed E-state index contributed by atoms with van der Waals surface area (Å²) in [7, 11) is 0. The molecule has 0 aliphatic carbocycles. The van der Waals surface area contributed by atoms with Crippen molar-refractivity contribution in [3.8, 4) is 11.4 Å². The third-order valence-corrected chi connectivity index (χ3v) is 3.36. The molecule has 0 unspecified atom stereocenters. The summed E-state index contributed by atoms with van der Waals surface area (Å²) in [4.78, 5) is 27.2. The van der Waals surface area contributed by atoms with Gasteiger partial charge in [-0.1, -0.05) is 19.1 Å². The standard InChI is InChI=1S/C16H15N3O4/c1-2-13-17-15(19-18-13)11-3-5-12(6-4-11)16(21)23-9-10-7-14(20)22-8-10/h3-7H,2,8-9H2,1H3,(H,17,18,19). The molecule has 0 saturated carbocycles. The number of nitrogens with zero attached hydrogens (tertiary/aromatic N) is 2. The summed E-state index contributed by atoms with van der Waals surface area (Å²) >= 11 is 0. The van der Waals surface area contributed by atoms with Crippen molar-refractivity contribution in [3.63, 3.8) is 0 Å². The normalized spacial score (nSPS) is 13.6. The van der Waals surface area contributed by atoms with E-state index in [9.17, 15) is 9.59 Å². The lowest BCUT2D eigenvalue weighted by atomic mass is 10.1. The fourth-order valence-corrected chi connectivity index (χ4v) is 2.08. The number of aromatic nitrogens is 3. The van der Waals surface area contributed by atoms with Crippen molar-refractivity contribution < 1.29 is 19.1 Å². The van der Waals surface area contributed by atoms with E-state index in [0.717, 1.165) is 17.8 Å². The number of hydrogen-bond acceptors (Lipinski definition) is 6. The molecule has 118 valence electrons. The Kier molecular flexibility index (Phi) is 4.18. The van der Waals surface area contributed by atoms with Crippen molar-refractivity contribution in [2.24, 2.45) is 0 Å². The van der Waals surface area contributed by atoms with Crippen LogP contribution in [0.25, 0.3) is 11.4 Å². The highest BCUT2D eigenvalue weighted by molar-refractivity contribution is 5.90. The van der Waals surface area contributed by atoms with Crippen LogP contribution in [0.1, 0.15) is 23.1 Å². The van der Waals surface area contributed by atoms with Crippen LogP contribution in [0.2, 0.25) is 0 Å². The number of hydrogen-bond donors (Lipinski definition) is 1. The monoisotopic (exact) mass is 313 g/mol. The Balaban J connectivity index is 1.63. The number of nitrogens with one attached hydrogen (secondary N) is 1. The van der Waals surface area contributed by atoms with Crippen molar-refractivity contribution in [3.05, 3.63) is 47.3 Å². The largest absolute Gasteiger partial charge is 0.458 e. The maximum Gasteiger partial charge on any atom is 0.338 e. The fourth-order valence-electron chi connectivity index (χ4n) is 2.08. The van der Waals surface area contributed by atoms with E-state index < -0.39 is 11.9 Å². The van der Waals surface area contributed by atoms with Gasteiger partial charge in [-0.05, 0) is 12.1 Å². The summed E-state index contributed by atoms with van der Waals surface area (Å²) in [6, 6.07) is 6.84. The minimum atomic E-state index is -0.457. The molecule has 23 heavy (non-hydrogen) atoms. The quantitative estimate of drug-likeness (QED) is 0.844. The molecule has 1 aromatic carbocycles. The SMILES string of the molecule is CCc1nc(-c2ccc(C(=O)OCC3=CC(=O)OC3)cc2)n[nH]1. The average molecular weight is 313 g/mol. The number of rotatable bonds is 5. The van der Waals surface area contributed by atoms with Crippen LogP contribution in [-0.2, 0) is 20.7 Å². The van der Waals surface area contributed by atoms with E-state index in [1.807, 2.05) is 6.92 Å². The maximum atomic E-state index is 12.0. The lowest BCUT2D eigenvalue weighted by Gasteiger charge is -2.05. The molecule has 0 saturated heterocycles. The molecule has 0 fully saturated rings. The van der Waals surface area contributed by atoms with Crippen molar-refractivity contribution >= 4 is 11.9 Å². The molecule has 1 aliphatic heterocycles. The summed E-state index contributed by atoms with van der Waals surface area (Å²) in [5.41, 5.74) is 1.88. The molecule has 2 aromatic rings. The van der Waals surface area contributed by atoms with Crippen LogP contribution in [0.3, 0.4) is 0 Å². The number of ether oxygens (including phenoxy) is 2. The molecule has 3 rings (SSSR count). The zero-order valence-electron chi connectivity index (χ0n) is 12.5. The van der Waals surface area contributed by atoms with E-state index in [4.69, 9.17) is 9.47 Å². The van der Waals surface area contributed by atoms with E-state index in [1.165, 1.54) is 6.08 Å². The third kappa shape index (κ3) is 3.45. The summed E-state index contributed by atoms with van der Waals surface area (Å²) in [5, 5.41) is 6.97. The summed E-state index contributed by atoms with van der Waals surface area (Å²) in [6.45, 7) is 2.21. The second kappa shape index (κ2) is 6.43. The van der Waals surface area contributed by atoms with Gasteiger partial charge in [0.1, 0.15) is 19.0 Å². The van der Waals surface area contributed by atoms with E-state index >= 15 is 0 Å². The number of benzene rings is 1. The van der Waals surface area contributed by atoms with Gasteiger partial charge in [-0.3, -0.25) is 5.10 Å². The third-order valence-electron chi connectivity index (χ3n) is 3.36. The Morgan fingerprint density at radius 2 is 2.13 bits per heavy atom. The first kappa shape index (κ1) is 15.0. The Morgan fingerprint density at radius 1 is 1.35 bits per heavy atom. The van der Waals surface area contributed by atoms with Crippen molar-refractivity contribution in [1.29, 1.82) is 0 Å². The lowest BCUT2D eigenvalue weighted by molar-refractivity contribution is -0.134. The number of H-pyrrole nitrogens is 1. The van der Waals surface area contributed by atoms with Crippen LogP contribution in [-0.4, -0.2) is 40.3 Å². The van der Waals surface area contributed by atoms with Gasteiger partial charge < -0.3 is 9.47 Å². The number of cyclic esters (lactones) is 1. The molecular formula is C16H15N3O4. The van der Waals surface area contributed by atoms with Crippen molar-refractivity contribution in [2.75, 3.05) is 13.2 Å². The molecule has 1 N–H and O–H groups in total. The topological polar surface area (TPSA) is 94.2 Å². The summed E-state index contributed by atoms with van der Waals surface area (Å²) < 4.78 is 9.89. The van der Waals surface area contributed by atoms with Crippen LogP contribution < -0.4 is 0 Å². The Morgan fingerprint density at radius 3 is 2.74 bits per heavy atom. The number of esters is 2. The highest BCUT2D eigenvalue weighted by Crippen LogP contribution is 2.16. The van der Waals surface area contributed by atoms with E-state index in [2.05, 4.69) is 15.2 Å². The van der Waals surface area contributed by atoms with E-state index in [1.54, 1.807) is 24.3 Å². The molecule has 1 aliphatic rings. The Bertz CT molecular complexity index is 762. The van der Waals surface area contributed by atoms with E-state index in [0.29, 0.717) is 17.0 Å².